The van der Waals surface area contributed by atoms with Gasteiger partial charge in [-0.15, -0.1) is 0 Å². The third-order valence-electron chi connectivity index (χ3n) is 3.99. The topological polar surface area (TPSA) is 276 Å². The van der Waals surface area contributed by atoms with Crippen molar-refractivity contribution in [2.24, 2.45) is 5.73 Å². The van der Waals surface area contributed by atoms with E-state index in [0.29, 0.717) is 19.4 Å². The maximum atomic E-state index is 12.2. The predicted octanol–water partition coefficient (Wildman–Crippen LogP) is -1.09. The van der Waals surface area contributed by atoms with Crippen LogP contribution in [0.5, 0.6) is 0 Å². The van der Waals surface area contributed by atoms with E-state index in [1.165, 1.54) is 6.20 Å². The highest BCUT2D eigenvalue weighted by atomic mass is 31.3. The highest BCUT2D eigenvalue weighted by molar-refractivity contribution is 7.66. The number of anilines is 1. The summed E-state index contributed by atoms with van der Waals surface area (Å²) in [4.78, 5) is 51.5. The number of aliphatic hydroxyl groups excluding tert-OH is 1. The maximum absolute atomic E-state index is 12.2. The summed E-state index contributed by atoms with van der Waals surface area (Å²) in [6.45, 7) is -0.355. The van der Waals surface area contributed by atoms with Gasteiger partial charge in [0, 0.05) is 19.0 Å². The zero-order valence-corrected chi connectivity index (χ0v) is 19.9. The fourth-order valence-electron chi connectivity index (χ4n) is 2.68. The van der Waals surface area contributed by atoms with E-state index in [9.17, 15) is 28.5 Å². The standard InChI is InChI=1S/C14H23N4O13P3/c15-5-3-1-2-4-9-7-18(14(20)17-12(9)16)13-11(19)6-10(29-13)8-28-33(24,25)31-34(26,27)30-32(21,22)23/h7,10-11,13,19H,1,3,5-6,8,15H2,(H,24,25)(H,26,27)(H2,16,17,20)(H2,21,22,23)/t10-,11+,13+/m0/s1. The van der Waals surface area contributed by atoms with Crippen molar-refractivity contribution in [2.45, 2.75) is 37.7 Å². The number of ether oxygens (including phenoxy) is 1. The second-order valence-electron chi connectivity index (χ2n) is 6.76. The molecule has 1 aliphatic heterocycles. The van der Waals surface area contributed by atoms with Crippen molar-refractivity contribution in [2.75, 3.05) is 18.9 Å². The number of hydrogen-bond acceptors (Lipinski definition) is 12. The monoisotopic (exact) mass is 548 g/mol. The fraction of sp³-hybridized carbons (Fsp3) is 0.571. The highest BCUT2D eigenvalue weighted by Crippen LogP contribution is 2.66. The Bertz CT molecular complexity index is 1140. The number of unbranched alkanes of at least 4 members (excludes halogenated alkanes) is 1. The molecule has 17 nitrogen and oxygen atoms in total. The second-order valence-corrected chi connectivity index (χ2v) is 11.2. The first kappa shape index (κ1) is 28.8. The summed E-state index contributed by atoms with van der Waals surface area (Å²) in [5.74, 6) is 5.39. The molecule has 20 heteroatoms. The van der Waals surface area contributed by atoms with Gasteiger partial charge in [0.2, 0.25) is 0 Å². The summed E-state index contributed by atoms with van der Waals surface area (Å²) in [6.07, 6.45) is -1.61. The fourth-order valence-corrected chi connectivity index (χ4v) is 5.73. The van der Waals surface area contributed by atoms with Gasteiger partial charge in [0.1, 0.15) is 11.9 Å². The van der Waals surface area contributed by atoms with Crippen LogP contribution >= 0.6 is 23.5 Å². The average molecular weight is 548 g/mol. The largest absolute Gasteiger partial charge is 0.490 e. The lowest BCUT2D eigenvalue weighted by atomic mass is 10.2. The first-order valence-corrected chi connectivity index (χ1v) is 13.8. The van der Waals surface area contributed by atoms with Crippen LogP contribution in [0.4, 0.5) is 5.82 Å². The van der Waals surface area contributed by atoms with Crippen LogP contribution in [0.2, 0.25) is 0 Å². The molecule has 0 saturated carbocycles. The molecule has 0 amide bonds. The molecule has 0 spiro atoms. The highest BCUT2D eigenvalue weighted by Gasteiger charge is 2.42. The van der Waals surface area contributed by atoms with E-state index in [-0.39, 0.29) is 17.8 Å². The Labute approximate surface area is 192 Å². The molecule has 0 aliphatic carbocycles. The molecule has 5 atom stereocenters. The van der Waals surface area contributed by atoms with E-state index in [2.05, 4.69) is 30.0 Å². The van der Waals surface area contributed by atoms with Gasteiger partial charge in [-0.25, -0.2) is 18.5 Å². The Hall–Kier alpha value is -1.47. The molecule has 2 rings (SSSR count). The molecular formula is C14H23N4O13P3. The summed E-state index contributed by atoms with van der Waals surface area (Å²) in [5, 5.41) is 10.3. The summed E-state index contributed by atoms with van der Waals surface area (Å²) < 4.78 is 51.8. The molecule has 0 bridgehead atoms. The molecule has 2 heterocycles. The lowest BCUT2D eigenvalue weighted by Gasteiger charge is -2.19. The molecule has 0 radical (unpaired) electrons. The van der Waals surface area contributed by atoms with E-state index in [1.54, 1.807) is 0 Å². The van der Waals surface area contributed by atoms with Crippen LogP contribution < -0.4 is 17.2 Å². The normalized spacial score (nSPS) is 24.1. The van der Waals surface area contributed by atoms with Gasteiger partial charge in [0.25, 0.3) is 0 Å². The van der Waals surface area contributed by atoms with Crippen molar-refractivity contribution < 1.29 is 56.3 Å². The van der Waals surface area contributed by atoms with Crippen molar-refractivity contribution in [3.8, 4) is 11.8 Å². The van der Waals surface area contributed by atoms with Crippen LogP contribution in [-0.4, -0.2) is 59.6 Å². The average Bonchev–Trinajstić information content (AvgIpc) is 3.03. The minimum absolute atomic E-state index is 0.141. The van der Waals surface area contributed by atoms with Gasteiger partial charge in [-0.3, -0.25) is 9.09 Å². The number of aliphatic hydroxyl groups is 1. The van der Waals surface area contributed by atoms with Crippen molar-refractivity contribution in [3.63, 3.8) is 0 Å². The molecule has 1 saturated heterocycles. The van der Waals surface area contributed by atoms with Gasteiger partial charge in [-0.2, -0.15) is 13.6 Å². The van der Waals surface area contributed by atoms with Crippen molar-refractivity contribution in [1.29, 1.82) is 0 Å². The first-order valence-electron chi connectivity index (χ1n) is 9.32. The van der Waals surface area contributed by atoms with Crippen molar-refractivity contribution >= 4 is 29.3 Å². The van der Waals surface area contributed by atoms with Crippen LogP contribution in [-0.2, 0) is 31.6 Å². The van der Waals surface area contributed by atoms with Gasteiger partial charge in [0.15, 0.2) is 6.23 Å². The van der Waals surface area contributed by atoms with Crippen LogP contribution in [0.15, 0.2) is 11.0 Å². The molecule has 9 N–H and O–H groups in total. The molecule has 0 aromatic carbocycles. The Morgan fingerprint density at radius 2 is 1.88 bits per heavy atom. The Morgan fingerprint density at radius 3 is 2.50 bits per heavy atom. The number of nitrogens with two attached hydrogens (primary N) is 2. The Balaban J connectivity index is 2.07. The lowest BCUT2D eigenvalue weighted by molar-refractivity contribution is -0.0523. The van der Waals surface area contributed by atoms with Gasteiger partial charge in [-0.1, -0.05) is 11.8 Å². The maximum Gasteiger partial charge on any atom is 0.490 e. The van der Waals surface area contributed by atoms with Crippen LogP contribution in [0.3, 0.4) is 0 Å². The van der Waals surface area contributed by atoms with Crippen LogP contribution in [0, 0.1) is 11.8 Å². The first-order chi connectivity index (χ1) is 15.6. The Morgan fingerprint density at radius 1 is 1.21 bits per heavy atom. The summed E-state index contributed by atoms with van der Waals surface area (Å²) in [5.41, 5.74) is 10.4. The molecular weight excluding hydrogens is 525 g/mol. The number of nitrogens with zero attached hydrogens (tertiary/aromatic N) is 2. The number of rotatable bonds is 10. The molecule has 1 aromatic rings. The third kappa shape index (κ3) is 8.95. The minimum Gasteiger partial charge on any atom is -0.388 e. The van der Waals surface area contributed by atoms with Crippen molar-refractivity contribution in [3.05, 3.63) is 22.2 Å². The number of phosphoric acid groups is 3. The van der Waals surface area contributed by atoms with Crippen molar-refractivity contribution in [1.82, 2.24) is 9.55 Å². The van der Waals surface area contributed by atoms with E-state index < -0.39 is 54.2 Å². The van der Waals surface area contributed by atoms with E-state index in [0.717, 1.165) is 4.57 Å². The van der Waals surface area contributed by atoms with E-state index in [4.69, 9.17) is 30.9 Å². The second kappa shape index (κ2) is 11.5. The molecule has 1 aliphatic rings. The van der Waals surface area contributed by atoms with Gasteiger partial charge < -0.3 is 40.9 Å². The number of aromatic nitrogens is 2. The van der Waals surface area contributed by atoms with Gasteiger partial charge >= 0.3 is 29.2 Å². The summed E-state index contributed by atoms with van der Waals surface area (Å²) in [7, 11) is -16.6. The third-order valence-corrected chi connectivity index (χ3v) is 7.79. The predicted molar refractivity (Wildman–Crippen MR) is 112 cm³/mol. The molecule has 1 aromatic heterocycles. The van der Waals surface area contributed by atoms with E-state index in [1.807, 2.05) is 0 Å². The summed E-state index contributed by atoms with van der Waals surface area (Å²) in [6, 6.07) is 0. The molecule has 34 heavy (non-hydrogen) atoms. The number of hydrogen-bond donors (Lipinski definition) is 7. The van der Waals surface area contributed by atoms with Crippen LogP contribution in [0.25, 0.3) is 0 Å². The minimum atomic E-state index is -5.68. The zero-order chi connectivity index (χ0) is 25.7. The Kier molecular flexibility index (Phi) is 9.74. The molecule has 2 unspecified atom stereocenters. The zero-order valence-electron chi connectivity index (χ0n) is 17.2. The molecule has 192 valence electrons. The SMILES string of the molecule is NCCCC#Cc1cn([C@@H]2O[C@H](COP(=O)(O)OP(=O)(O)OP(=O)(O)O)C[C@H]2O)c(=O)nc1N. The smallest absolute Gasteiger partial charge is 0.388 e. The van der Waals surface area contributed by atoms with Gasteiger partial charge in [0.05, 0.1) is 18.3 Å². The quantitative estimate of drug-likeness (QED) is 0.104. The van der Waals surface area contributed by atoms with Gasteiger partial charge in [-0.05, 0) is 13.0 Å². The number of nitrogen functional groups attached to an aromatic ring is 1. The van der Waals surface area contributed by atoms with E-state index >= 15 is 0 Å². The molecule has 1 fully saturated rings. The van der Waals surface area contributed by atoms with Crippen LogP contribution in [0.1, 0.15) is 31.1 Å². The lowest BCUT2D eigenvalue weighted by Crippen LogP contribution is -2.32. The summed E-state index contributed by atoms with van der Waals surface area (Å²) >= 11 is 0. The number of phosphoric ester groups is 1.